The van der Waals surface area contributed by atoms with Gasteiger partial charge in [0.15, 0.2) is 0 Å². The Morgan fingerprint density at radius 3 is 2.73 bits per heavy atom. The van der Waals surface area contributed by atoms with Gasteiger partial charge in [0.1, 0.15) is 6.04 Å². The molecule has 3 N–H and O–H groups in total. The Morgan fingerprint density at radius 1 is 1.47 bits per heavy atom. The second kappa shape index (κ2) is 6.27. The van der Waals surface area contributed by atoms with E-state index in [2.05, 4.69) is 0 Å². The lowest BCUT2D eigenvalue weighted by Gasteiger charge is -2.01. The van der Waals surface area contributed by atoms with E-state index in [1.165, 1.54) is 11.8 Å². The van der Waals surface area contributed by atoms with E-state index in [4.69, 9.17) is 10.8 Å². The Bertz CT molecular complexity index is 338. The van der Waals surface area contributed by atoms with Crippen molar-refractivity contribution in [3.63, 3.8) is 0 Å². The second-order valence-electron chi connectivity index (χ2n) is 2.99. The van der Waals surface area contributed by atoms with E-state index in [0.717, 1.165) is 5.56 Å². The van der Waals surface area contributed by atoms with Gasteiger partial charge in [-0.25, -0.2) is 0 Å². The van der Waals surface area contributed by atoms with Gasteiger partial charge in [-0.05, 0) is 17.0 Å². The molecule has 15 heavy (non-hydrogen) atoms. The molecule has 0 bridgehead atoms. The molecule has 80 valence electrons. The summed E-state index contributed by atoms with van der Waals surface area (Å²) >= 11 is 1.40. The van der Waals surface area contributed by atoms with E-state index in [1.54, 1.807) is 0 Å². The zero-order valence-corrected chi connectivity index (χ0v) is 8.98. The first-order valence-electron chi connectivity index (χ1n) is 4.52. The number of carbonyl (C=O) groups is 1. The standard InChI is InChI=1S/C11H13NO2S/c12-10(11(13)14)8-15-7-6-9-4-2-1-3-5-9/h1-7,10H,8,12H2,(H,13,14)/b7-6-/t10-/m0/s1. The van der Waals surface area contributed by atoms with Crippen LogP contribution in [0.2, 0.25) is 0 Å². The molecule has 0 fully saturated rings. The number of nitrogens with two attached hydrogens (primary N) is 1. The Hall–Kier alpha value is -1.26. The highest BCUT2D eigenvalue weighted by molar-refractivity contribution is 8.02. The fourth-order valence-electron chi connectivity index (χ4n) is 0.921. The first-order valence-corrected chi connectivity index (χ1v) is 5.56. The van der Waals surface area contributed by atoms with Gasteiger partial charge in [0.25, 0.3) is 0 Å². The van der Waals surface area contributed by atoms with Gasteiger partial charge >= 0.3 is 5.97 Å². The lowest BCUT2D eigenvalue weighted by molar-refractivity contribution is -0.137. The predicted octanol–water partition coefficient (Wildman–Crippen LogP) is 1.80. The molecule has 0 saturated carbocycles. The molecule has 3 nitrogen and oxygen atoms in total. The van der Waals surface area contributed by atoms with E-state index < -0.39 is 12.0 Å². The monoisotopic (exact) mass is 223 g/mol. The van der Waals surface area contributed by atoms with Gasteiger partial charge in [0.2, 0.25) is 0 Å². The van der Waals surface area contributed by atoms with Crippen LogP contribution in [0.25, 0.3) is 6.08 Å². The van der Waals surface area contributed by atoms with Crippen molar-refractivity contribution in [3.8, 4) is 0 Å². The highest BCUT2D eigenvalue weighted by atomic mass is 32.2. The Balaban J connectivity index is 2.32. The number of hydrogen-bond donors (Lipinski definition) is 2. The van der Waals surface area contributed by atoms with Crippen LogP contribution < -0.4 is 5.73 Å². The maximum absolute atomic E-state index is 10.4. The molecule has 1 atom stereocenters. The summed E-state index contributed by atoms with van der Waals surface area (Å²) in [5.41, 5.74) is 6.43. The number of rotatable bonds is 5. The molecule has 0 saturated heterocycles. The molecule has 4 heteroatoms. The minimum atomic E-state index is -0.962. The van der Waals surface area contributed by atoms with Crippen molar-refractivity contribution >= 4 is 23.8 Å². The molecule has 1 rings (SSSR count). The van der Waals surface area contributed by atoms with Gasteiger partial charge < -0.3 is 10.8 Å². The SMILES string of the molecule is N[C@@H](CS/C=C\c1ccccc1)C(=O)O. The summed E-state index contributed by atoms with van der Waals surface area (Å²) in [4.78, 5) is 10.4. The van der Waals surface area contributed by atoms with Crippen LogP contribution in [0.1, 0.15) is 5.56 Å². The summed E-state index contributed by atoms with van der Waals surface area (Å²) in [6.45, 7) is 0. The number of aliphatic carboxylic acids is 1. The average molecular weight is 223 g/mol. The third-order valence-electron chi connectivity index (χ3n) is 1.75. The van der Waals surface area contributed by atoms with E-state index >= 15 is 0 Å². The molecule has 0 spiro atoms. The van der Waals surface area contributed by atoms with Crippen molar-refractivity contribution in [1.82, 2.24) is 0 Å². The van der Waals surface area contributed by atoms with E-state index in [9.17, 15) is 4.79 Å². The molecule has 1 aromatic carbocycles. The Kier molecular flexibility index (Phi) is 4.93. The van der Waals surface area contributed by atoms with Gasteiger partial charge in [-0.1, -0.05) is 30.3 Å². The summed E-state index contributed by atoms with van der Waals surface area (Å²) in [5.74, 6) is -0.575. The van der Waals surface area contributed by atoms with Crippen LogP contribution >= 0.6 is 11.8 Å². The zero-order chi connectivity index (χ0) is 11.1. The highest BCUT2D eigenvalue weighted by Crippen LogP contribution is 2.08. The van der Waals surface area contributed by atoms with Gasteiger partial charge in [-0.2, -0.15) is 0 Å². The number of benzene rings is 1. The van der Waals surface area contributed by atoms with Crippen molar-refractivity contribution < 1.29 is 9.90 Å². The van der Waals surface area contributed by atoms with Crippen molar-refractivity contribution in [3.05, 3.63) is 41.3 Å². The normalized spacial score (nSPS) is 12.9. The summed E-state index contributed by atoms with van der Waals surface area (Å²) in [5, 5.41) is 10.4. The molecular weight excluding hydrogens is 210 g/mol. The number of thioether (sulfide) groups is 1. The molecular formula is C11H13NO2S. The first kappa shape index (κ1) is 11.8. The average Bonchev–Trinajstić information content (AvgIpc) is 2.25. The zero-order valence-electron chi connectivity index (χ0n) is 8.17. The molecule has 0 heterocycles. The molecule has 0 aliphatic rings. The first-order chi connectivity index (χ1) is 7.20. The molecule has 0 aromatic heterocycles. The van der Waals surface area contributed by atoms with Crippen molar-refractivity contribution in [2.75, 3.05) is 5.75 Å². The van der Waals surface area contributed by atoms with Gasteiger partial charge in [0.05, 0.1) is 0 Å². The molecule has 0 radical (unpaired) electrons. The van der Waals surface area contributed by atoms with Crippen molar-refractivity contribution in [2.45, 2.75) is 6.04 Å². The van der Waals surface area contributed by atoms with Gasteiger partial charge in [-0.15, -0.1) is 11.8 Å². The fraction of sp³-hybridized carbons (Fsp3) is 0.182. The molecule has 0 aliphatic heterocycles. The summed E-state index contributed by atoms with van der Waals surface area (Å²) in [6, 6.07) is 9.02. The second-order valence-corrected chi connectivity index (χ2v) is 3.93. The minimum absolute atomic E-state index is 0.388. The number of carboxylic acids is 1. The van der Waals surface area contributed by atoms with Crippen LogP contribution in [0, 0.1) is 0 Å². The topological polar surface area (TPSA) is 63.3 Å². The molecule has 0 aliphatic carbocycles. The Labute approximate surface area is 93.0 Å². The maximum Gasteiger partial charge on any atom is 0.321 e. The van der Waals surface area contributed by atoms with Crippen LogP contribution in [0.15, 0.2) is 35.7 Å². The van der Waals surface area contributed by atoms with Crippen LogP contribution in [0.5, 0.6) is 0 Å². The van der Waals surface area contributed by atoms with Crippen LogP contribution in [0.4, 0.5) is 0 Å². The number of hydrogen-bond acceptors (Lipinski definition) is 3. The van der Waals surface area contributed by atoms with E-state index in [-0.39, 0.29) is 0 Å². The molecule has 1 aromatic rings. The van der Waals surface area contributed by atoms with Gasteiger partial charge in [-0.3, -0.25) is 4.79 Å². The van der Waals surface area contributed by atoms with Crippen LogP contribution in [0.3, 0.4) is 0 Å². The maximum atomic E-state index is 10.4. The smallest absolute Gasteiger partial charge is 0.321 e. The highest BCUT2D eigenvalue weighted by Gasteiger charge is 2.09. The van der Waals surface area contributed by atoms with Crippen molar-refractivity contribution in [2.24, 2.45) is 5.73 Å². The van der Waals surface area contributed by atoms with Crippen LogP contribution in [-0.2, 0) is 4.79 Å². The number of carboxylic acid groups (broad SMARTS) is 1. The fourth-order valence-corrected chi connectivity index (χ4v) is 1.64. The Morgan fingerprint density at radius 2 is 2.13 bits per heavy atom. The van der Waals surface area contributed by atoms with Crippen LogP contribution in [-0.4, -0.2) is 22.9 Å². The quantitative estimate of drug-likeness (QED) is 0.799. The molecule has 0 unspecified atom stereocenters. The van der Waals surface area contributed by atoms with E-state index in [1.807, 2.05) is 41.8 Å². The minimum Gasteiger partial charge on any atom is -0.480 e. The molecule has 0 amide bonds. The third-order valence-corrected chi connectivity index (χ3v) is 2.63. The lowest BCUT2D eigenvalue weighted by Crippen LogP contribution is -2.32. The summed E-state index contributed by atoms with van der Waals surface area (Å²) < 4.78 is 0. The largest absolute Gasteiger partial charge is 0.480 e. The lowest BCUT2D eigenvalue weighted by atomic mass is 10.2. The van der Waals surface area contributed by atoms with E-state index in [0.29, 0.717) is 5.75 Å². The summed E-state index contributed by atoms with van der Waals surface area (Å²) in [7, 11) is 0. The third kappa shape index (κ3) is 4.67. The summed E-state index contributed by atoms with van der Waals surface area (Å²) in [6.07, 6.45) is 1.93. The van der Waals surface area contributed by atoms with Crippen molar-refractivity contribution in [1.29, 1.82) is 0 Å². The predicted molar refractivity (Wildman–Crippen MR) is 63.5 cm³/mol. The van der Waals surface area contributed by atoms with Gasteiger partial charge in [0, 0.05) is 5.75 Å².